The van der Waals surface area contributed by atoms with Gasteiger partial charge in [0.1, 0.15) is 5.82 Å². The molecule has 1 unspecified atom stereocenters. The van der Waals surface area contributed by atoms with E-state index in [0.29, 0.717) is 18.2 Å². The standard InChI is InChI=1S/C16H20FN3/c17-15-5-4-13(10-18)14(9-15)11-19-6-2-8-20-7-1-3-16(20)12-19/h4-5,9,16H,1-3,6-8,11-12H2. The van der Waals surface area contributed by atoms with Gasteiger partial charge < -0.3 is 0 Å². The molecule has 0 bridgehead atoms. The van der Waals surface area contributed by atoms with Gasteiger partial charge in [-0.15, -0.1) is 0 Å². The molecule has 106 valence electrons. The van der Waals surface area contributed by atoms with Crippen LogP contribution in [0, 0.1) is 17.1 Å². The lowest BCUT2D eigenvalue weighted by molar-refractivity contribution is 0.215. The molecule has 1 aromatic rings. The average molecular weight is 273 g/mol. The SMILES string of the molecule is N#Cc1ccc(F)cc1CN1CCCN2CCCC2C1. The summed E-state index contributed by atoms with van der Waals surface area (Å²) in [6.07, 6.45) is 3.72. The molecule has 3 nitrogen and oxygen atoms in total. The number of hydrogen-bond donors (Lipinski definition) is 0. The van der Waals surface area contributed by atoms with Gasteiger partial charge in [-0.2, -0.15) is 5.26 Å². The Kier molecular flexibility index (Phi) is 4.00. The van der Waals surface area contributed by atoms with Gasteiger partial charge in [-0.3, -0.25) is 9.80 Å². The van der Waals surface area contributed by atoms with Crippen molar-refractivity contribution in [2.75, 3.05) is 26.2 Å². The lowest BCUT2D eigenvalue weighted by atomic mass is 10.1. The van der Waals surface area contributed by atoms with Gasteiger partial charge in [-0.25, -0.2) is 4.39 Å². The van der Waals surface area contributed by atoms with E-state index in [0.717, 1.165) is 25.1 Å². The zero-order valence-electron chi connectivity index (χ0n) is 11.7. The highest BCUT2D eigenvalue weighted by atomic mass is 19.1. The molecule has 1 aromatic carbocycles. The minimum Gasteiger partial charge on any atom is -0.299 e. The zero-order valence-corrected chi connectivity index (χ0v) is 11.7. The zero-order chi connectivity index (χ0) is 13.9. The van der Waals surface area contributed by atoms with Crippen molar-refractivity contribution in [2.45, 2.75) is 31.8 Å². The largest absolute Gasteiger partial charge is 0.299 e. The molecule has 0 spiro atoms. The highest BCUT2D eigenvalue weighted by Crippen LogP contribution is 2.23. The van der Waals surface area contributed by atoms with Crippen LogP contribution >= 0.6 is 0 Å². The number of benzene rings is 1. The Morgan fingerprint density at radius 1 is 1.25 bits per heavy atom. The van der Waals surface area contributed by atoms with Crippen LogP contribution in [0.2, 0.25) is 0 Å². The number of hydrogen-bond acceptors (Lipinski definition) is 3. The Labute approximate surface area is 119 Å². The number of halogens is 1. The molecule has 0 aliphatic carbocycles. The fourth-order valence-electron chi connectivity index (χ4n) is 3.47. The molecule has 2 aliphatic rings. The molecule has 4 heteroatoms. The molecule has 3 rings (SSSR count). The summed E-state index contributed by atoms with van der Waals surface area (Å²) < 4.78 is 13.4. The van der Waals surface area contributed by atoms with E-state index >= 15 is 0 Å². The maximum absolute atomic E-state index is 13.4. The Morgan fingerprint density at radius 2 is 2.10 bits per heavy atom. The highest BCUT2D eigenvalue weighted by molar-refractivity contribution is 5.37. The third-order valence-corrected chi connectivity index (χ3v) is 4.47. The first-order valence-electron chi connectivity index (χ1n) is 7.41. The second-order valence-corrected chi connectivity index (χ2v) is 5.83. The topological polar surface area (TPSA) is 30.3 Å². The number of fused-ring (bicyclic) bond motifs is 1. The fourth-order valence-corrected chi connectivity index (χ4v) is 3.47. The molecule has 2 saturated heterocycles. The van der Waals surface area contributed by atoms with Crippen LogP contribution in [0.4, 0.5) is 4.39 Å². The first kappa shape index (κ1) is 13.5. The van der Waals surface area contributed by atoms with Gasteiger partial charge in [0.2, 0.25) is 0 Å². The maximum atomic E-state index is 13.4. The normalized spacial score (nSPS) is 24.1. The monoisotopic (exact) mass is 273 g/mol. The van der Waals surface area contributed by atoms with Gasteiger partial charge in [-0.1, -0.05) is 0 Å². The van der Waals surface area contributed by atoms with E-state index in [1.54, 1.807) is 6.07 Å². The first-order valence-corrected chi connectivity index (χ1v) is 7.41. The van der Waals surface area contributed by atoms with E-state index in [1.165, 1.54) is 38.1 Å². The van der Waals surface area contributed by atoms with Crippen LogP contribution in [-0.4, -0.2) is 42.0 Å². The summed E-state index contributed by atoms with van der Waals surface area (Å²) in [6.45, 7) is 5.16. The quantitative estimate of drug-likeness (QED) is 0.828. The minimum absolute atomic E-state index is 0.253. The van der Waals surface area contributed by atoms with Crippen LogP contribution < -0.4 is 0 Å². The lowest BCUT2D eigenvalue weighted by Gasteiger charge is -2.25. The first-order chi connectivity index (χ1) is 9.76. The maximum Gasteiger partial charge on any atom is 0.123 e. The Balaban J connectivity index is 1.74. The summed E-state index contributed by atoms with van der Waals surface area (Å²) in [5.41, 5.74) is 1.41. The van der Waals surface area contributed by atoms with Gasteiger partial charge in [0.05, 0.1) is 11.6 Å². The van der Waals surface area contributed by atoms with E-state index in [9.17, 15) is 4.39 Å². The number of nitriles is 1. The molecular formula is C16H20FN3. The Bertz CT molecular complexity index is 523. The van der Waals surface area contributed by atoms with Gasteiger partial charge in [0, 0.05) is 19.1 Å². The number of rotatable bonds is 2. The molecule has 2 heterocycles. The van der Waals surface area contributed by atoms with Gasteiger partial charge in [0.25, 0.3) is 0 Å². The third-order valence-electron chi connectivity index (χ3n) is 4.47. The van der Waals surface area contributed by atoms with Gasteiger partial charge in [0.15, 0.2) is 0 Å². The summed E-state index contributed by atoms with van der Waals surface area (Å²) in [7, 11) is 0. The van der Waals surface area contributed by atoms with E-state index in [2.05, 4.69) is 15.9 Å². The fraction of sp³-hybridized carbons (Fsp3) is 0.562. The Morgan fingerprint density at radius 3 is 2.95 bits per heavy atom. The number of nitrogens with zero attached hydrogens (tertiary/aromatic N) is 3. The van der Waals surface area contributed by atoms with Crippen molar-refractivity contribution >= 4 is 0 Å². The lowest BCUT2D eigenvalue weighted by Crippen LogP contribution is -2.36. The van der Waals surface area contributed by atoms with Crippen molar-refractivity contribution in [3.8, 4) is 6.07 Å². The summed E-state index contributed by atoms with van der Waals surface area (Å²) in [4.78, 5) is 4.96. The van der Waals surface area contributed by atoms with Crippen molar-refractivity contribution in [3.63, 3.8) is 0 Å². The molecule has 1 atom stereocenters. The molecule has 0 amide bonds. The van der Waals surface area contributed by atoms with E-state index in [1.807, 2.05) is 0 Å². The van der Waals surface area contributed by atoms with Crippen LogP contribution in [0.5, 0.6) is 0 Å². The van der Waals surface area contributed by atoms with E-state index in [4.69, 9.17) is 5.26 Å². The molecular weight excluding hydrogens is 253 g/mol. The second kappa shape index (κ2) is 5.90. The molecule has 20 heavy (non-hydrogen) atoms. The Hall–Kier alpha value is -1.44. The summed E-state index contributed by atoms with van der Waals surface area (Å²) in [5, 5.41) is 9.15. The minimum atomic E-state index is -0.253. The smallest absolute Gasteiger partial charge is 0.123 e. The molecule has 0 saturated carbocycles. The molecule has 2 aliphatic heterocycles. The predicted octanol–water partition coefficient (Wildman–Crippen LogP) is 2.37. The highest BCUT2D eigenvalue weighted by Gasteiger charge is 2.28. The van der Waals surface area contributed by atoms with Crippen molar-refractivity contribution in [2.24, 2.45) is 0 Å². The van der Waals surface area contributed by atoms with E-state index in [-0.39, 0.29) is 5.82 Å². The van der Waals surface area contributed by atoms with Gasteiger partial charge >= 0.3 is 0 Å². The van der Waals surface area contributed by atoms with Crippen molar-refractivity contribution in [1.29, 1.82) is 5.26 Å². The van der Waals surface area contributed by atoms with Crippen LogP contribution in [0.25, 0.3) is 0 Å². The molecule has 0 radical (unpaired) electrons. The van der Waals surface area contributed by atoms with Crippen LogP contribution in [0.15, 0.2) is 18.2 Å². The summed E-state index contributed by atoms with van der Waals surface area (Å²) in [5.74, 6) is -0.253. The molecule has 0 aromatic heterocycles. The predicted molar refractivity (Wildman–Crippen MR) is 75.6 cm³/mol. The van der Waals surface area contributed by atoms with Gasteiger partial charge in [-0.05, 0) is 62.7 Å². The van der Waals surface area contributed by atoms with Crippen molar-refractivity contribution < 1.29 is 4.39 Å². The third kappa shape index (κ3) is 2.84. The summed E-state index contributed by atoms with van der Waals surface area (Å²) in [6, 6.07) is 7.28. The van der Waals surface area contributed by atoms with Crippen molar-refractivity contribution in [1.82, 2.24) is 9.80 Å². The van der Waals surface area contributed by atoms with E-state index < -0.39 is 0 Å². The summed E-state index contributed by atoms with van der Waals surface area (Å²) >= 11 is 0. The molecule has 0 N–H and O–H groups in total. The second-order valence-electron chi connectivity index (χ2n) is 5.83. The molecule has 2 fully saturated rings. The van der Waals surface area contributed by atoms with Crippen LogP contribution in [0.1, 0.15) is 30.4 Å². The average Bonchev–Trinajstić information content (AvgIpc) is 2.78. The van der Waals surface area contributed by atoms with Crippen LogP contribution in [0.3, 0.4) is 0 Å². The van der Waals surface area contributed by atoms with Crippen LogP contribution in [-0.2, 0) is 6.54 Å². The van der Waals surface area contributed by atoms with Crippen molar-refractivity contribution in [3.05, 3.63) is 35.1 Å².